The second-order valence-electron chi connectivity index (χ2n) is 4.44. The number of hydrogen-bond acceptors (Lipinski definition) is 4. The van der Waals surface area contributed by atoms with Gasteiger partial charge in [0.25, 0.3) is 0 Å². The number of thiophene rings is 2. The van der Waals surface area contributed by atoms with Crippen LogP contribution in [0.25, 0.3) is 22.2 Å². The third-order valence-corrected chi connectivity index (χ3v) is 5.07. The first-order chi connectivity index (χ1) is 10.3. The van der Waals surface area contributed by atoms with Crippen molar-refractivity contribution in [3.63, 3.8) is 0 Å². The maximum absolute atomic E-state index is 11.6. The highest BCUT2D eigenvalue weighted by atomic mass is 32.1. The van der Waals surface area contributed by atoms with Gasteiger partial charge >= 0.3 is 5.97 Å². The molecule has 0 radical (unpaired) electrons. The van der Waals surface area contributed by atoms with Crippen LogP contribution >= 0.6 is 22.7 Å². The molecule has 0 aliphatic rings. The van der Waals surface area contributed by atoms with E-state index in [0.717, 1.165) is 4.88 Å². The van der Waals surface area contributed by atoms with Crippen molar-refractivity contribution in [2.24, 2.45) is 0 Å². The van der Waals surface area contributed by atoms with E-state index < -0.39 is 0 Å². The van der Waals surface area contributed by atoms with Crippen molar-refractivity contribution in [1.82, 2.24) is 0 Å². The molecule has 2 heterocycles. The van der Waals surface area contributed by atoms with Crippen LogP contribution in [-0.2, 0) is 4.74 Å². The van der Waals surface area contributed by atoms with Crippen molar-refractivity contribution >= 4 is 50.9 Å². The lowest BCUT2D eigenvalue weighted by atomic mass is 10.2. The first-order valence-electron chi connectivity index (χ1n) is 6.70. The molecule has 0 N–H and O–H groups in total. The summed E-state index contributed by atoms with van der Waals surface area (Å²) < 4.78 is 6.28. The number of carbonyl (C=O) groups is 1. The number of fused-ring (bicyclic) bond motifs is 1. The molecule has 2 nitrogen and oxygen atoms in total. The average molecular weight is 314 g/mol. The van der Waals surface area contributed by atoms with Crippen molar-refractivity contribution in [2.75, 3.05) is 6.61 Å². The van der Waals surface area contributed by atoms with Gasteiger partial charge in [-0.1, -0.05) is 18.2 Å². The Kier molecular flexibility index (Phi) is 4.18. The Morgan fingerprint density at radius 1 is 1.10 bits per heavy atom. The lowest BCUT2D eigenvalue weighted by molar-refractivity contribution is 0.0532. The fourth-order valence-corrected chi connectivity index (χ4v) is 3.77. The molecule has 0 bridgehead atoms. The molecule has 0 atom stereocenters. The van der Waals surface area contributed by atoms with E-state index in [2.05, 4.69) is 30.3 Å². The third kappa shape index (κ3) is 3.23. The standard InChI is InChI=1S/C17H14O2S2/c1-2-19-17(18)16-10-9-13(20-16)7-8-14-11-12-5-3-4-6-15(12)21-14/h3-11H,2H2,1H3/b8-7+. The molecule has 106 valence electrons. The minimum Gasteiger partial charge on any atom is -0.462 e. The highest BCUT2D eigenvalue weighted by molar-refractivity contribution is 7.20. The second-order valence-corrected chi connectivity index (χ2v) is 6.67. The topological polar surface area (TPSA) is 26.3 Å². The van der Waals surface area contributed by atoms with E-state index in [4.69, 9.17) is 4.74 Å². The van der Waals surface area contributed by atoms with Crippen molar-refractivity contribution in [3.8, 4) is 0 Å². The second kappa shape index (κ2) is 6.24. The largest absolute Gasteiger partial charge is 0.462 e. The molecular formula is C17H14O2S2. The molecule has 0 aliphatic carbocycles. The maximum atomic E-state index is 11.6. The minimum atomic E-state index is -0.246. The van der Waals surface area contributed by atoms with Crippen LogP contribution < -0.4 is 0 Å². The molecule has 0 spiro atoms. The zero-order valence-electron chi connectivity index (χ0n) is 11.5. The van der Waals surface area contributed by atoms with Crippen molar-refractivity contribution < 1.29 is 9.53 Å². The molecule has 0 amide bonds. The lowest BCUT2D eigenvalue weighted by Gasteiger charge is -1.96. The van der Waals surface area contributed by atoms with E-state index >= 15 is 0 Å². The molecule has 1 aromatic carbocycles. The van der Waals surface area contributed by atoms with Crippen LogP contribution in [0.5, 0.6) is 0 Å². The highest BCUT2D eigenvalue weighted by Crippen LogP contribution is 2.27. The van der Waals surface area contributed by atoms with Crippen molar-refractivity contribution in [3.05, 3.63) is 57.1 Å². The number of esters is 1. The first kappa shape index (κ1) is 14.0. The van der Waals surface area contributed by atoms with E-state index in [1.807, 2.05) is 31.2 Å². The van der Waals surface area contributed by atoms with E-state index in [0.29, 0.717) is 11.5 Å². The average Bonchev–Trinajstić information content (AvgIpc) is 3.11. The number of hydrogen-bond donors (Lipinski definition) is 0. The third-order valence-electron chi connectivity index (χ3n) is 2.96. The van der Waals surface area contributed by atoms with Crippen LogP contribution in [0.2, 0.25) is 0 Å². The summed E-state index contributed by atoms with van der Waals surface area (Å²) >= 11 is 3.21. The number of rotatable bonds is 4. The summed E-state index contributed by atoms with van der Waals surface area (Å²) in [5, 5.41) is 1.26. The van der Waals surface area contributed by atoms with Crippen LogP contribution in [0.15, 0.2) is 42.5 Å². The van der Waals surface area contributed by atoms with Gasteiger partial charge < -0.3 is 4.74 Å². The maximum Gasteiger partial charge on any atom is 0.348 e. The Balaban J connectivity index is 1.78. The minimum absolute atomic E-state index is 0.246. The van der Waals surface area contributed by atoms with Gasteiger partial charge in [0.15, 0.2) is 0 Å². The normalized spacial score (nSPS) is 11.3. The van der Waals surface area contributed by atoms with Crippen molar-refractivity contribution in [2.45, 2.75) is 6.92 Å². The van der Waals surface area contributed by atoms with Gasteiger partial charge in [0.05, 0.1) is 6.61 Å². The van der Waals surface area contributed by atoms with Crippen molar-refractivity contribution in [1.29, 1.82) is 0 Å². The van der Waals surface area contributed by atoms with Gasteiger partial charge in [-0.2, -0.15) is 0 Å². The summed E-state index contributed by atoms with van der Waals surface area (Å²) in [6.45, 7) is 2.22. The zero-order chi connectivity index (χ0) is 14.7. The van der Waals surface area contributed by atoms with E-state index in [1.165, 1.54) is 26.3 Å². The van der Waals surface area contributed by atoms with Gasteiger partial charge in [-0.25, -0.2) is 4.79 Å². The quantitative estimate of drug-likeness (QED) is 0.610. The summed E-state index contributed by atoms with van der Waals surface area (Å²) in [6.07, 6.45) is 4.13. The fraction of sp³-hybridized carbons (Fsp3) is 0.118. The summed E-state index contributed by atoms with van der Waals surface area (Å²) in [5.41, 5.74) is 0. The Labute approximate surface area is 131 Å². The van der Waals surface area contributed by atoms with Crippen LogP contribution in [0, 0.1) is 0 Å². The molecule has 0 aliphatic heterocycles. The Morgan fingerprint density at radius 2 is 1.90 bits per heavy atom. The van der Waals surface area contributed by atoms with Crippen LogP contribution in [0.3, 0.4) is 0 Å². The summed E-state index contributed by atoms with van der Waals surface area (Å²) in [6, 6.07) is 14.3. The predicted molar refractivity (Wildman–Crippen MR) is 91.0 cm³/mol. The van der Waals surface area contributed by atoms with Crippen LogP contribution in [0.4, 0.5) is 0 Å². The smallest absolute Gasteiger partial charge is 0.348 e. The van der Waals surface area contributed by atoms with E-state index in [-0.39, 0.29) is 5.97 Å². The Bertz CT molecular complexity index is 763. The fourth-order valence-electron chi connectivity index (χ4n) is 2.00. The van der Waals surface area contributed by atoms with E-state index in [9.17, 15) is 4.79 Å². The van der Waals surface area contributed by atoms with Gasteiger partial charge in [0.2, 0.25) is 0 Å². The number of ether oxygens (including phenoxy) is 1. The van der Waals surface area contributed by atoms with E-state index in [1.54, 1.807) is 11.3 Å². The monoisotopic (exact) mass is 314 g/mol. The predicted octanol–water partition coefficient (Wildman–Crippen LogP) is 5.31. The summed E-state index contributed by atoms with van der Waals surface area (Å²) in [5.74, 6) is -0.246. The Hall–Kier alpha value is -1.91. The number of benzene rings is 1. The molecule has 21 heavy (non-hydrogen) atoms. The number of carbonyl (C=O) groups excluding carboxylic acids is 1. The molecule has 2 aromatic heterocycles. The van der Waals surface area contributed by atoms with Gasteiger partial charge in [0, 0.05) is 14.5 Å². The molecular weight excluding hydrogens is 300 g/mol. The lowest BCUT2D eigenvalue weighted by Crippen LogP contribution is -2.01. The van der Waals surface area contributed by atoms with Gasteiger partial charge in [-0.15, -0.1) is 22.7 Å². The van der Waals surface area contributed by atoms with Crippen LogP contribution in [0.1, 0.15) is 26.3 Å². The summed E-state index contributed by atoms with van der Waals surface area (Å²) in [4.78, 5) is 14.5. The van der Waals surface area contributed by atoms with Gasteiger partial charge in [-0.05, 0) is 48.7 Å². The molecule has 4 heteroatoms. The summed E-state index contributed by atoms with van der Waals surface area (Å²) in [7, 11) is 0. The SMILES string of the molecule is CCOC(=O)c1ccc(/C=C/c2cc3ccccc3s2)s1. The zero-order valence-corrected chi connectivity index (χ0v) is 13.2. The molecule has 0 unspecified atom stereocenters. The van der Waals surface area contributed by atoms with Crippen LogP contribution in [-0.4, -0.2) is 12.6 Å². The highest BCUT2D eigenvalue weighted by Gasteiger charge is 2.08. The van der Waals surface area contributed by atoms with Gasteiger partial charge in [-0.3, -0.25) is 0 Å². The molecule has 0 saturated heterocycles. The molecule has 0 saturated carbocycles. The van der Waals surface area contributed by atoms with Gasteiger partial charge in [0.1, 0.15) is 4.88 Å². The molecule has 3 aromatic rings. The molecule has 3 rings (SSSR count). The first-order valence-corrected chi connectivity index (χ1v) is 8.33. The molecule has 0 fully saturated rings. The Morgan fingerprint density at radius 3 is 2.71 bits per heavy atom.